The summed E-state index contributed by atoms with van der Waals surface area (Å²) in [5.74, 6) is 0.787. The maximum Gasteiger partial charge on any atom is 0.319 e. The van der Waals surface area contributed by atoms with Gasteiger partial charge in [0.15, 0.2) is 5.82 Å². The third-order valence-electron chi connectivity index (χ3n) is 5.15. The Morgan fingerprint density at radius 2 is 1.77 bits per heavy atom. The van der Waals surface area contributed by atoms with E-state index in [1.807, 2.05) is 0 Å². The van der Waals surface area contributed by atoms with Crippen LogP contribution in [-0.4, -0.2) is 42.7 Å². The van der Waals surface area contributed by atoms with E-state index in [0.29, 0.717) is 23.0 Å². The van der Waals surface area contributed by atoms with Crippen LogP contribution in [-0.2, 0) is 0 Å². The summed E-state index contributed by atoms with van der Waals surface area (Å²) >= 11 is 0. The van der Waals surface area contributed by atoms with Gasteiger partial charge in [0.2, 0.25) is 0 Å². The molecule has 31 heavy (non-hydrogen) atoms. The van der Waals surface area contributed by atoms with Gasteiger partial charge in [0, 0.05) is 29.7 Å². The Morgan fingerprint density at radius 1 is 1.06 bits per heavy atom. The Labute approximate surface area is 179 Å². The third-order valence-corrected chi connectivity index (χ3v) is 5.15. The second-order valence-corrected chi connectivity index (χ2v) is 7.43. The molecule has 3 amide bonds. The minimum absolute atomic E-state index is 0.0843. The number of amides is 3. The second kappa shape index (κ2) is 9.33. The van der Waals surface area contributed by atoms with Gasteiger partial charge >= 0.3 is 6.03 Å². The van der Waals surface area contributed by atoms with Crippen LogP contribution in [0.3, 0.4) is 0 Å². The Kier molecular flexibility index (Phi) is 6.16. The summed E-state index contributed by atoms with van der Waals surface area (Å²) in [6.07, 6.45) is 9.00. The van der Waals surface area contributed by atoms with E-state index in [1.165, 1.54) is 11.0 Å². The fraction of sp³-hybridized carbons (Fsp3) is 0.333. The largest absolute Gasteiger partial charge is 0.349 e. The van der Waals surface area contributed by atoms with Crippen molar-refractivity contribution >= 4 is 17.6 Å². The van der Waals surface area contributed by atoms with Crippen molar-refractivity contribution in [2.24, 2.45) is 0 Å². The smallest absolute Gasteiger partial charge is 0.319 e. The molecule has 2 aromatic heterocycles. The molecule has 0 bridgehead atoms. The van der Waals surface area contributed by atoms with Crippen LogP contribution < -0.4 is 16.0 Å². The summed E-state index contributed by atoms with van der Waals surface area (Å²) in [6.45, 7) is 1.79. The molecule has 1 aliphatic rings. The second-order valence-electron chi connectivity index (χ2n) is 7.43. The number of benzene rings is 1. The maximum atomic E-state index is 12.4. The zero-order valence-electron chi connectivity index (χ0n) is 17.2. The molecule has 0 unspecified atom stereocenters. The molecular weight excluding hydrogens is 396 g/mol. The van der Waals surface area contributed by atoms with Gasteiger partial charge in [-0.05, 0) is 50.1 Å². The van der Waals surface area contributed by atoms with Crippen molar-refractivity contribution in [3.63, 3.8) is 0 Å². The van der Waals surface area contributed by atoms with Crippen molar-refractivity contribution in [1.29, 1.82) is 0 Å². The molecule has 3 aromatic rings. The van der Waals surface area contributed by atoms with Crippen LogP contribution in [0.1, 0.15) is 54.8 Å². The predicted octanol–water partition coefficient (Wildman–Crippen LogP) is 2.61. The first-order chi connectivity index (χ1) is 15.1. The van der Waals surface area contributed by atoms with Crippen molar-refractivity contribution in [3.8, 4) is 5.95 Å². The van der Waals surface area contributed by atoms with Crippen molar-refractivity contribution in [2.45, 2.75) is 44.7 Å². The van der Waals surface area contributed by atoms with Crippen LogP contribution in [0.2, 0.25) is 0 Å². The Bertz CT molecular complexity index is 1030. The number of anilines is 1. The molecule has 3 N–H and O–H groups in total. The Hall–Kier alpha value is -3.82. The van der Waals surface area contributed by atoms with Crippen molar-refractivity contribution < 1.29 is 9.59 Å². The summed E-state index contributed by atoms with van der Waals surface area (Å²) < 4.78 is 1.47. The molecule has 1 atom stereocenters. The third kappa shape index (κ3) is 5.03. The number of rotatable bonds is 6. The Balaban J connectivity index is 1.34. The monoisotopic (exact) mass is 420 g/mol. The molecule has 0 spiro atoms. The van der Waals surface area contributed by atoms with Gasteiger partial charge in [0.05, 0.1) is 6.04 Å². The van der Waals surface area contributed by atoms with Crippen molar-refractivity contribution in [3.05, 3.63) is 60.4 Å². The van der Waals surface area contributed by atoms with Crippen molar-refractivity contribution in [1.82, 2.24) is 35.4 Å². The van der Waals surface area contributed by atoms with E-state index in [-0.39, 0.29) is 11.9 Å². The number of nitrogens with zero attached hydrogens (tertiary/aromatic N) is 5. The highest BCUT2D eigenvalue weighted by Gasteiger charge is 2.19. The van der Waals surface area contributed by atoms with E-state index in [2.05, 4.69) is 36.0 Å². The van der Waals surface area contributed by atoms with E-state index in [4.69, 9.17) is 0 Å². The van der Waals surface area contributed by atoms with Gasteiger partial charge in [-0.25, -0.2) is 19.7 Å². The highest BCUT2D eigenvalue weighted by atomic mass is 16.2. The molecule has 0 radical (unpaired) electrons. The van der Waals surface area contributed by atoms with E-state index in [1.54, 1.807) is 49.6 Å². The molecule has 160 valence electrons. The molecule has 10 nitrogen and oxygen atoms in total. The molecule has 0 aliphatic heterocycles. The van der Waals surface area contributed by atoms with Crippen LogP contribution in [0.4, 0.5) is 10.5 Å². The van der Waals surface area contributed by atoms with Gasteiger partial charge in [-0.3, -0.25) is 4.79 Å². The van der Waals surface area contributed by atoms with Gasteiger partial charge in [-0.2, -0.15) is 9.78 Å². The van der Waals surface area contributed by atoms with Crippen LogP contribution in [0.5, 0.6) is 0 Å². The van der Waals surface area contributed by atoms with Gasteiger partial charge in [-0.15, -0.1) is 0 Å². The molecule has 1 fully saturated rings. The van der Waals surface area contributed by atoms with Crippen LogP contribution in [0.15, 0.2) is 49.1 Å². The predicted molar refractivity (Wildman–Crippen MR) is 114 cm³/mol. The zero-order valence-corrected chi connectivity index (χ0v) is 17.2. The average Bonchev–Trinajstić information content (AvgIpc) is 3.47. The lowest BCUT2D eigenvalue weighted by atomic mass is 10.1. The van der Waals surface area contributed by atoms with Gasteiger partial charge in [0.1, 0.15) is 6.33 Å². The summed E-state index contributed by atoms with van der Waals surface area (Å²) in [5, 5.41) is 12.8. The maximum absolute atomic E-state index is 12.4. The molecule has 1 aliphatic carbocycles. The lowest BCUT2D eigenvalue weighted by molar-refractivity contribution is 0.0938. The van der Waals surface area contributed by atoms with E-state index in [0.717, 1.165) is 25.7 Å². The first-order valence-corrected chi connectivity index (χ1v) is 10.3. The minimum Gasteiger partial charge on any atom is -0.349 e. The number of hydrogen-bond acceptors (Lipinski definition) is 6. The summed E-state index contributed by atoms with van der Waals surface area (Å²) in [6, 6.07) is 7.93. The fourth-order valence-corrected chi connectivity index (χ4v) is 3.57. The Morgan fingerprint density at radius 3 is 2.48 bits per heavy atom. The first-order valence-electron chi connectivity index (χ1n) is 10.3. The van der Waals surface area contributed by atoms with E-state index in [9.17, 15) is 9.59 Å². The number of hydrogen-bond donors (Lipinski definition) is 3. The number of urea groups is 1. The van der Waals surface area contributed by atoms with E-state index < -0.39 is 12.1 Å². The zero-order chi connectivity index (χ0) is 21.6. The fourth-order valence-electron chi connectivity index (χ4n) is 3.57. The number of aromatic nitrogens is 5. The summed E-state index contributed by atoms with van der Waals surface area (Å²) in [7, 11) is 0. The number of nitrogens with one attached hydrogen (secondary N) is 3. The van der Waals surface area contributed by atoms with Crippen molar-refractivity contribution in [2.75, 3.05) is 5.32 Å². The lowest BCUT2D eigenvalue weighted by Gasteiger charge is -2.15. The quantitative estimate of drug-likeness (QED) is 0.563. The number of carbonyl (C=O) groups excluding carboxylic acids is 2. The van der Waals surface area contributed by atoms with Crippen LogP contribution in [0, 0.1) is 0 Å². The molecule has 4 rings (SSSR count). The molecule has 1 aromatic carbocycles. The highest BCUT2D eigenvalue weighted by molar-refractivity contribution is 5.95. The number of carbonyl (C=O) groups is 2. The van der Waals surface area contributed by atoms with E-state index >= 15 is 0 Å². The molecule has 10 heteroatoms. The lowest BCUT2D eigenvalue weighted by Crippen LogP contribution is -2.33. The minimum atomic E-state index is -0.442. The molecule has 0 saturated heterocycles. The van der Waals surface area contributed by atoms with Gasteiger partial charge < -0.3 is 16.0 Å². The summed E-state index contributed by atoms with van der Waals surface area (Å²) in [5.41, 5.74) is 1.15. The molecule has 1 saturated carbocycles. The SMILES string of the molecule is C[C@H](NC(=O)Nc1ccc(C(=O)NC2CCCC2)cc1)c1ncnn1-c1ncccn1. The van der Waals surface area contributed by atoms with Gasteiger partial charge in [0.25, 0.3) is 11.9 Å². The first kappa shape index (κ1) is 20.5. The van der Waals surface area contributed by atoms with Crippen LogP contribution in [0.25, 0.3) is 5.95 Å². The normalized spacial score (nSPS) is 14.7. The van der Waals surface area contributed by atoms with Gasteiger partial charge in [-0.1, -0.05) is 12.8 Å². The standard InChI is InChI=1S/C21H24N8O2/c1-14(18-24-13-25-29(18)20-22-11-4-12-23-20)26-21(31)28-17-9-7-15(8-10-17)19(30)27-16-5-2-3-6-16/h4,7-14,16H,2-3,5-6H2,1H3,(H,27,30)(H2,26,28,31)/t14-/m0/s1. The topological polar surface area (TPSA) is 127 Å². The van der Waals surface area contributed by atoms with Crippen LogP contribution >= 0.6 is 0 Å². The molecule has 2 heterocycles. The highest BCUT2D eigenvalue weighted by Crippen LogP contribution is 2.19. The molecular formula is C21H24N8O2. The average molecular weight is 420 g/mol. The summed E-state index contributed by atoms with van der Waals surface area (Å²) in [4.78, 5) is 37.3.